The normalized spacial score (nSPS) is 16.9. The Kier molecular flexibility index (Phi) is 6.50. The summed E-state index contributed by atoms with van der Waals surface area (Å²) in [4.78, 5) is 31.8. The fourth-order valence-corrected chi connectivity index (χ4v) is 3.92. The van der Waals surface area contributed by atoms with Gasteiger partial charge in [-0.15, -0.1) is 0 Å². The van der Waals surface area contributed by atoms with Crippen LogP contribution >= 0.6 is 0 Å². The van der Waals surface area contributed by atoms with E-state index in [-0.39, 0.29) is 11.8 Å². The number of hydrogen-bond donors (Lipinski definition) is 1. The molecule has 1 aliphatic rings. The van der Waals surface area contributed by atoms with Crippen molar-refractivity contribution in [3.05, 3.63) is 84.2 Å². The molecule has 3 aromatic rings. The molecule has 1 aliphatic heterocycles. The van der Waals surface area contributed by atoms with Gasteiger partial charge >= 0.3 is 0 Å². The number of nitrogens with zero attached hydrogens (tertiary/aromatic N) is 2. The lowest BCUT2D eigenvalue weighted by Crippen LogP contribution is -2.60. The Labute approximate surface area is 188 Å². The van der Waals surface area contributed by atoms with E-state index in [0.717, 1.165) is 22.3 Å². The Bertz CT molecular complexity index is 1080. The zero-order valence-electron chi connectivity index (χ0n) is 18.3. The molecule has 32 heavy (non-hydrogen) atoms. The first-order chi connectivity index (χ1) is 15.5. The number of benzene rings is 2. The number of pyridine rings is 1. The summed E-state index contributed by atoms with van der Waals surface area (Å²) in [6.45, 7) is 4.63. The first-order valence-corrected chi connectivity index (χ1v) is 10.8. The van der Waals surface area contributed by atoms with Gasteiger partial charge in [0, 0.05) is 31.9 Å². The van der Waals surface area contributed by atoms with Gasteiger partial charge in [0.25, 0.3) is 5.91 Å². The summed E-state index contributed by atoms with van der Waals surface area (Å²) in [5.41, 5.74) is 4.15. The van der Waals surface area contributed by atoms with Crippen molar-refractivity contribution in [1.29, 1.82) is 0 Å². The summed E-state index contributed by atoms with van der Waals surface area (Å²) in [5, 5.41) is 2.89. The second-order valence-electron chi connectivity index (χ2n) is 8.06. The van der Waals surface area contributed by atoms with Crippen LogP contribution in [0.15, 0.2) is 73.1 Å². The molecule has 2 heterocycles. The number of aromatic nitrogens is 1. The van der Waals surface area contributed by atoms with Crippen LogP contribution < -0.4 is 10.1 Å². The lowest BCUT2D eigenvalue weighted by atomic mass is 9.98. The van der Waals surface area contributed by atoms with Gasteiger partial charge in [-0.3, -0.25) is 14.6 Å². The van der Waals surface area contributed by atoms with E-state index in [1.807, 2.05) is 73.8 Å². The molecule has 1 fully saturated rings. The lowest BCUT2D eigenvalue weighted by Gasteiger charge is -2.36. The highest BCUT2D eigenvalue weighted by atomic mass is 16.5. The quantitative estimate of drug-likeness (QED) is 0.652. The number of ether oxygens (including phenoxy) is 1. The van der Waals surface area contributed by atoms with Crippen LogP contribution in [0.4, 0.5) is 0 Å². The van der Waals surface area contributed by atoms with E-state index in [0.29, 0.717) is 25.3 Å². The maximum Gasteiger partial charge on any atom is 0.264 e. The fraction of sp³-hybridized carbons (Fsp3) is 0.269. The number of rotatable bonds is 6. The molecule has 164 valence electrons. The highest BCUT2D eigenvalue weighted by molar-refractivity contribution is 5.90. The van der Waals surface area contributed by atoms with Crippen molar-refractivity contribution in [3.63, 3.8) is 0 Å². The molecule has 6 heteroatoms. The van der Waals surface area contributed by atoms with Gasteiger partial charge in [-0.1, -0.05) is 48.0 Å². The zero-order valence-corrected chi connectivity index (χ0v) is 18.3. The summed E-state index contributed by atoms with van der Waals surface area (Å²) in [6.07, 6.45) is 3.30. The van der Waals surface area contributed by atoms with Crippen LogP contribution in [0, 0.1) is 6.92 Å². The van der Waals surface area contributed by atoms with Crippen LogP contribution in [0.2, 0.25) is 0 Å². The van der Waals surface area contributed by atoms with Crippen LogP contribution in [0.25, 0.3) is 11.1 Å². The van der Waals surface area contributed by atoms with Crippen molar-refractivity contribution in [2.24, 2.45) is 0 Å². The molecule has 0 aliphatic carbocycles. The average Bonchev–Trinajstić information content (AvgIpc) is 2.82. The Morgan fingerprint density at radius 2 is 1.94 bits per heavy atom. The van der Waals surface area contributed by atoms with Gasteiger partial charge in [0.15, 0.2) is 6.10 Å². The van der Waals surface area contributed by atoms with Crippen molar-refractivity contribution in [1.82, 2.24) is 15.2 Å². The minimum absolute atomic E-state index is 0.140. The molecule has 2 atom stereocenters. The van der Waals surface area contributed by atoms with Crippen molar-refractivity contribution >= 4 is 11.8 Å². The lowest BCUT2D eigenvalue weighted by molar-refractivity contribution is -0.147. The number of nitrogens with one attached hydrogen (secondary N) is 1. The molecule has 2 aromatic carbocycles. The van der Waals surface area contributed by atoms with E-state index in [1.54, 1.807) is 18.0 Å². The van der Waals surface area contributed by atoms with Crippen LogP contribution in [0.5, 0.6) is 5.75 Å². The van der Waals surface area contributed by atoms with Gasteiger partial charge < -0.3 is 15.0 Å². The Balaban J connectivity index is 1.51. The summed E-state index contributed by atoms with van der Waals surface area (Å²) in [7, 11) is 0. The Morgan fingerprint density at radius 1 is 1.16 bits per heavy atom. The number of hydrogen-bond acceptors (Lipinski definition) is 4. The van der Waals surface area contributed by atoms with E-state index < -0.39 is 12.1 Å². The zero-order chi connectivity index (χ0) is 22.5. The predicted molar refractivity (Wildman–Crippen MR) is 123 cm³/mol. The summed E-state index contributed by atoms with van der Waals surface area (Å²) in [5.74, 6) is 0.311. The minimum Gasteiger partial charge on any atom is -0.481 e. The third kappa shape index (κ3) is 4.97. The fourth-order valence-electron chi connectivity index (χ4n) is 3.92. The number of aryl methyl sites for hydroxylation is 1. The van der Waals surface area contributed by atoms with Crippen molar-refractivity contribution in [2.45, 2.75) is 32.4 Å². The smallest absolute Gasteiger partial charge is 0.264 e. The molecule has 1 saturated heterocycles. The predicted octanol–water partition coefficient (Wildman–Crippen LogP) is 3.39. The van der Waals surface area contributed by atoms with Gasteiger partial charge in [0.2, 0.25) is 5.91 Å². The minimum atomic E-state index is -0.687. The Morgan fingerprint density at radius 3 is 2.69 bits per heavy atom. The SMILES string of the molecule is Cc1ccc(O[C@@H](C)C(=O)N2CCNC(=O)[C@H]2Cc2cccc(-c3cccnc3)c2)cc1. The maximum absolute atomic E-state index is 13.2. The van der Waals surface area contributed by atoms with Crippen molar-refractivity contribution in [2.75, 3.05) is 13.1 Å². The van der Waals surface area contributed by atoms with Crippen molar-refractivity contribution in [3.8, 4) is 16.9 Å². The molecular weight excluding hydrogens is 402 g/mol. The third-order valence-corrected chi connectivity index (χ3v) is 5.65. The molecule has 0 unspecified atom stereocenters. The third-order valence-electron chi connectivity index (χ3n) is 5.65. The number of carbonyl (C=O) groups is 2. The molecular formula is C26H27N3O3. The van der Waals surface area contributed by atoms with E-state index in [2.05, 4.69) is 10.3 Å². The molecule has 0 bridgehead atoms. The van der Waals surface area contributed by atoms with E-state index in [1.165, 1.54) is 0 Å². The monoisotopic (exact) mass is 429 g/mol. The molecule has 6 nitrogen and oxygen atoms in total. The van der Waals surface area contributed by atoms with E-state index in [9.17, 15) is 9.59 Å². The van der Waals surface area contributed by atoms with Gasteiger partial charge in [0.05, 0.1) is 0 Å². The second kappa shape index (κ2) is 9.64. The van der Waals surface area contributed by atoms with E-state index in [4.69, 9.17) is 4.74 Å². The standard InChI is InChI=1S/C26H27N3O3/c1-18-8-10-23(11-9-18)32-19(2)26(31)29-14-13-28-25(30)24(29)16-20-5-3-6-21(15-20)22-7-4-12-27-17-22/h3-12,15,17,19,24H,13-14,16H2,1-2H3,(H,28,30)/t19-,24+/m0/s1. The Hall–Kier alpha value is -3.67. The maximum atomic E-state index is 13.2. The highest BCUT2D eigenvalue weighted by Gasteiger charge is 2.35. The average molecular weight is 430 g/mol. The summed E-state index contributed by atoms with van der Waals surface area (Å²) >= 11 is 0. The molecule has 0 radical (unpaired) electrons. The largest absolute Gasteiger partial charge is 0.481 e. The van der Waals surface area contributed by atoms with Gasteiger partial charge in [-0.25, -0.2) is 0 Å². The second-order valence-corrected chi connectivity index (χ2v) is 8.06. The van der Waals surface area contributed by atoms with E-state index >= 15 is 0 Å². The number of carbonyl (C=O) groups excluding carboxylic acids is 2. The number of amides is 2. The molecule has 1 aromatic heterocycles. The molecule has 0 saturated carbocycles. The first kappa shape index (κ1) is 21.6. The summed E-state index contributed by atoms with van der Waals surface area (Å²) < 4.78 is 5.87. The van der Waals surface area contributed by atoms with Crippen molar-refractivity contribution < 1.29 is 14.3 Å². The van der Waals surface area contributed by atoms with Gasteiger partial charge in [-0.2, -0.15) is 0 Å². The molecule has 4 rings (SSSR count). The van der Waals surface area contributed by atoms with Crippen LogP contribution in [-0.2, 0) is 16.0 Å². The number of piperazine rings is 1. The molecule has 0 spiro atoms. The van der Waals surface area contributed by atoms with Crippen LogP contribution in [0.1, 0.15) is 18.1 Å². The molecule has 1 N–H and O–H groups in total. The molecule has 2 amide bonds. The highest BCUT2D eigenvalue weighted by Crippen LogP contribution is 2.22. The van der Waals surface area contributed by atoms with Crippen LogP contribution in [0.3, 0.4) is 0 Å². The summed E-state index contributed by atoms with van der Waals surface area (Å²) in [6, 6.07) is 18.9. The van der Waals surface area contributed by atoms with Gasteiger partial charge in [0.1, 0.15) is 11.8 Å². The topological polar surface area (TPSA) is 71.5 Å². The van der Waals surface area contributed by atoms with Crippen LogP contribution in [-0.4, -0.2) is 46.9 Å². The first-order valence-electron chi connectivity index (χ1n) is 10.8. The van der Waals surface area contributed by atoms with Gasteiger partial charge in [-0.05, 0) is 48.7 Å².